The Morgan fingerprint density at radius 3 is 2.50 bits per heavy atom. The van der Waals surface area contributed by atoms with E-state index in [0.717, 1.165) is 11.1 Å². The van der Waals surface area contributed by atoms with Gasteiger partial charge in [-0.1, -0.05) is 24.3 Å². The molecule has 0 unspecified atom stereocenters. The number of hydrogen-bond donors (Lipinski definition) is 1. The first kappa shape index (κ1) is 24.2. The van der Waals surface area contributed by atoms with Gasteiger partial charge in [0.05, 0.1) is 36.1 Å². The summed E-state index contributed by atoms with van der Waals surface area (Å²) in [4.78, 5) is 31.7. The molecule has 1 amide bonds. The Hall–Kier alpha value is -4.93. The summed E-state index contributed by atoms with van der Waals surface area (Å²) >= 11 is 0. The number of nitrogens with one attached hydrogen (secondary N) is 1. The zero-order chi connectivity index (χ0) is 25.7. The first-order valence-corrected chi connectivity index (χ1v) is 10.7. The minimum Gasteiger partial charge on any atom is -0.493 e. The second-order valence-electron chi connectivity index (χ2n) is 7.57. The molecule has 1 N–H and O–H groups in total. The van der Waals surface area contributed by atoms with Crippen LogP contribution in [0.15, 0.2) is 60.9 Å². The van der Waals surface area contributed by atoms with Gasteiger partial charge >= 0.3 is 6.09 Å². The highest BCUT2D eigenvalue weighted by Gasteiger charge is 2.20. The van der Waals surface area contributed by atoms with Crippen LogP contribution in [0.4, 0.5) is 16.2 Å². The SMILES string of the molecule is COc1cc2ncnc(Oc3ccc(NC(=O)OCc4ccccc4C)c([N+](=O)[O-])c3)c2cc1OC. The highest BCUT2D eigenvalue weighted by atomic mass is 16.6. The van der Waals surface area contributed by atoms with Crippen molar-refractivity contribution in [3.8, 4) is 23.1 Å². The number of carbonyl (C=O) groups is 1. The lowest BCUT2D eigenvalue weighted by molar-refractivity contribution is -0.384. The number of nitrogens with zero attached hydrogens (tertiary/aromatic N) is 3. The van der Waals surface area contributed by atoms with E-state index in [9.17, 15) is 14.9 Å². The molecule has 184 valence electrons. The topological polar surface area (TPSA) is 135 Å². The quantitative estimate of drug-likeness (QED) is 0.254. The summed E-state index contributed by atoms with van der Waals surface area (Å²) in [5, 5.41) is 14.6. The number of anilines is 1. The molecule has 0 atom stereocenters. The molecule has 0 bridgehead atoms. The zero-order valence-corrected chi connectivity index (χ0v) is 19.7. The van der Waals surface area contributed by atoms with E-state index >= 15 is 0 Å². The third-order valence-corrected chi connectivity index (χ3v) is 5.34. The van der Waals surface area contributed by atoms with Crippen LogP contribution in [0.25, 0.3) is 10.9 Å². The van der Waals surface area contributed by atoms with Crippen molar-refractivity contribution in [1.82, 2.24) is 9.97 Å². The van der Waals surface area contributed by atoms with Gasteiger partial charge in [0.25, 0.3) is 5.69 Å². The first-order valence-electron chi connectivity index (χ1n) is 10.7. The number of hydrogen-bond acceptors (Lipinski definition) is 9. The molecule has 1 aromatic heterocycles. The van der Waals surface area contributed by atoms with Gasteiger partial charge in [-0.05, 0) is 36.2 Å². The first-order chi connectivity index (χ1) is 17.4. The zero-order valence-electron chi connectivity index (χ0n) is 19.7. The number of nitro groups is 1. The van der Waals surface area contributed by atoms with E-state index in [1.807, 2.05) is 31.2 Å². The van der Waals surface area contributed by atoms with E-state index in [-0.39, 0.29) is 29.6 Å². The predicted octanol–water partition coefficient (Wildman–Crippen LogP) is 5.40. The number of aryl methyl sites for hydroxylation is 1. The third kappa shape index (κ3) is 5.25. The number of rotatable bonds is 8. The van der Waals surface area contributed by atoms with Crippen LogP contribution in [0.5, 0.6) is 23.1 Å². The Labute approximate surface area is 205 Å². The summed E-state index contributed by atoms with van der Waals surface area (Å²) in [5.41, 5.74) is 1.91. The van der Waals surface area contributed by atoms with E-state index in [0.29, 0.717) is 22.4 Å². The number of aromatic nitrogens is 2. The Morgan fingerprint density at radius 1 is 1.03 bits per heavy atom. The molecule has 1 heterocycles. The standard InChI is InChI=1S/C25H22N4O7/c1-15-6-4-5-7-16(15)13-35-25(30)28-19-9-8-17(10-21(19)29(31)32)36-24-18-11-22(33-2)23(34-3)12-20(18)26-14-27-24/h4-12,14H,13H2,1-3H3,(H,28,30). The lowest BCUT2D eigenvalue weighted by atomic mass is 10.1. The smallest absolute Gasteiger partial charge is 0.412 e. The van der Waals surface area contributed by atoms with Crippen molar-refractivity contribution < 1.29 is 28.7 Å². The normalized spacial score (nSPS) is 10.5. The lowest BCUT2D eigenvalue weighted by Gasteiger charge is -2.12. The number of carbonyl (C=O) groups excluding carboxylic acids is 1. The van der Waals surface area contributed by atoms with E-state index in [2.05, 4.69) is 15.3 Å². The van der Waals surface area contributed by atoms with Gasteiger partial charge in [-0.2, -0.15) is 0 Å². The lowest BCUT2D eigenvalue weighted by Crippen LogP contribution is -2.15. The summed E-state index contributed by atoms with van der Waals surface area (Å²) < 4.78 is 21.7. The van der Waals surface area contributed by atoms with Crippen LogP contribution in [0.2, 0.25) is 0 Å². The summed E-state index contributed by atoms with van der Waals surface area (Å²) in [7, 11) is 3.00. The van der Waals surface area contributed by atoms with Crippen molar-refractivity contribution in [2.24, 2.45) is 0 Å². The summed E-state index contributed by atoms with van der Waals surface area (Å²) in [5.74, 6) is 1.22. The summed E-state index contributed by atoms with van der Waals surface area (Å²) in [6.07, 6.45) is 0.483. The fourth-order valence-electron chi connectivity index (χ4n) is 3.45. The van der Waals surface area contributed by atoms with E-state index < -0.39 is 11.0 Å². The molecule has 4 rings (SSSR count). The van der Waals surface area contributed by atoms with E-state index in [4.69, 9.17) is 18.9 Å². The predicted molar refractivity (Wildman–Crippen MR) is 131 cm³/mol. The molecule has 0 spiro atoms. The number of benzene rings is 3. The Kier molecular flexibility index (Phi) is 7.10. The molecular weight excluding hydrogens is 468 g/mol. The summed E-state index contributed by atoms with van der Waals surface area (Å²) in [6.45, 7) is 1.93. The van der Waals surface area contributed by atoms with Crippen molar-refractivity contribution in [3.63, 3.8) is 0 Å². The minimum atomic E-state index is -0.821. The van der Waals surface area contributed by atoms with Gasteiger partial charge < -0.3 is 18.9 Å². The minimum absolute atomic E-state index is 0.0303. The molecule has 11 nitrogen and oxygen atoms in total. The molecule has 4 aromatic rings. The van der Waals surface area contributed by atoms with Gasteiger partial charge in [-0.3, -0.25) is 15.4 Å². The molecule has 0 saturated heterocycles. The monoisotopic (exact) mass is 490 g/mol. The van der Waals surface area contributed by atoms with Gasteiger partial charge in [-0.15, -0.1) is 0 Å². The van der Waals surface area contributed by atoms with Crippen LogP contribution in [-0.4, -0.2) is 35.2 Å². The Balaban J connectivity index is 1.55. The van der Waals surface area contributed by atoms with Crippen LogP contribution in [-0.2, 0) is 11.3 Å². The molecule has 0 aliphatic carbocycles. The molecular formula is C25H22N4O7. The maximum atomic E-state index is 12.3. The Bertz CT molecular complexity index is 1440. The van der Waals surface area contributed by atoms with Crippen molar-refractivity contribution in [2.45, 2.75) is 13.5 Å². The molecule has 0 aliphatic heterocycles. The van der Waals surface area contributed by atoms with Crippen molar-refractivity contribution in [2.75, 3.05) is 19.5 Å². The third-order valence-electron chi connectivity index (χ3n) is 5.34. The summed E-state index contributed by atoms with van der Waals surface area (Å²) in [6, 6.07) is 14.8. The average molecular weight is 490 g/mol. The maximum Gasteiger partial charge on any atom is 0.412 e. The maximum absolute atomic E-state index is 12.3. The van der Waals surface area contributed by atoms with Gasteiger partial charge in [0.15, 0.2) is 11.5 Å². The van der Waals surface area contributed by atoms with Gasteiger partial charge in [-0.25, -0.2) is 14.8 Å². The van der Waals surface area contributed by atoms with Crippen LogP contribution >= 0.6 is 0 Å². The van der Waals surface area contributed by atoms with E-state index in [1.54, 1.807) is 12.1 Å². The highest BCUT2D eigenvalue weighted by molar-refractivity contribution is 5.89. The van der Waals surface area contributed by atoms with E-state index in [1.165, 1.54) is 38.7 Å². The Morgan fingerprint density at radius 2 is 1.78 bits per heavy atom. The fraction of sp³-hybridized carbons (Fsp3) is 0.160. The fourth-order valence-corrected chi connectivity index (χ4v) is 3.45. The number of nitro benzene ring substituents is 1. The number of amides is 1. The molecule has 0 fully saturated rings. The van der Waals surface area contributed by atoms with Gasteiger partial charge in [0.2, 0.25) is 5.88 Å². The molecule has 0 aliphatic rings. The van der Waals surface area contributed by atoms with Crippen LogP contribution in [0.1, 0.15) is 11.1 Å². The molecule has 3 aromatic carbocycles. The molecule has 0 radical (unpaired) electrons. The number of fused-ring (bicyclic) bond motifs is 1. The van der Waals surface area contributed by atoms with Gasteiger partial charge in [0.1, 0.15) is 24.4 Å². The van der Waals surface area contributed by atoms with Crippen molar-refractivity contribution >= 4 is 28.4 Å². The second-order valence-corrected chi connectivity index (χ2v) is 7.57. The molecule has 11 heteroatoms. The van der Waals surface area contributed by atoms with Crippen molar-refractivity contribution in [1.29, 1.82) is 0 Å². The van der Waals surface area contributed by atoms with Crippen molar-refractivity contribution in [3.05, 3.63) is 82.2 Å². The highest BCUT2D eigenvalue weighted by Crippen LogP contribution is 2.37. The average Bonchev–Trinajstić information content (AvgIpc) is 2.88. The van der Waals surface area contributed by atoms with Crippen LogP contribution < -0.4 is 19.5 Å². The van der Waals surface area contributed by atoms with Gasteiger partial charge in [0, 0.05) is 6.07 Å². The van der Waals surface area contributed by atoms with Crippen LogP contribution in [0.3, 0.4) is 0 Å². The second kappa shape index (κ2) is 10.6. The molecule has 0 saturated carbocycles. The molecule has 36 heavy (non-hydrogen) atoms. The largest absolute Gasteiger partial charge is 0.493 e. The van der Waals surface area contributed by atoms with Crippen LogP contribution in [0, 0.1) is 17.0 Å². The number of methoxy groups -OCH3 is 2. The number of ether oxygens (including phenoxy) is 4.